The van der Waals surface area contributed by atoms with Crippen molar-refractivity contribution < 1.29 is 17.7 Å². The molecule has 1 aromatic heterocycles. The number of ether oxygens (including phenoxy) is 1. The lowest BCUT2D eigenvalue weighted by molar-refractivity contribution is 0.402. The van der Waals surface area contributed by atoms with E-state index in [2.05, 4.69) is 9.88 Å². The van der Waals surface area contributed by atoms with Crippen molar-refractivity contribution in [3.63, 3.8) is 0 Å². The molecule has 3 rings (SSSR count). The zero-order valence-electron chi connectivity index (χ0n) is 14.8. The summed E-state index contributed by atoms with van der Waals surface area (Å²) in [6, 6.07) is 13.9. The summed E-state index contributed by atoms with van der Waals surface area (Å²) in [7, 11) is -2.41. The topological polar surface area (TPSA) is 81.4 Å². The van der Waals surface area contributed by atoms with E-state index in [0.717, 1.165) is 11.3 Å². The number of benzene rings is 2. The van der Waals surface area contributed by atoms with Crippen LogP contribution < -0.4 is 9.46 Å². The Morgan fingerprint density at radius 2 is 1.92 bits per heavy atom. The van der Waals surface area contributed by atoms with Gasteiger partial charge >= 0.3 is 0 Å². The van der Waals surface area contributed by atoms with Crippen LogP contribution in [0.15, 0.2) is 57.9 Å². The van der Waals surface area contributed by atoms with Crippen molar-refractivity contribution in [1.29, 1.82) is 0 Å². The van der Waals surface area contributed by atoms with Gasteiger partial charge in [0.1, 0.15) is 10.6 Å². The van der Waals surface area contributed by atoms with E-state index in [9.17, 15) is 8.42 Å². The molecule has 0 bridgehead atoms. The molecule has 1 heterocycles. The van der Waals surface area contributed by atoms with E-state index in [0.29, 0.717) is 23.4 Å². The molecule has 0 aliphatic rings. The van der Waals surface area contributed by atoms with E-state index in [1.165, 1.54) is 13.2 Å². The maximum absolute atomic E-state index is 13.0. The van der Waals surface area contributed by atoms with Crippen molar-refractivity contribution in [2.45, 2.75) is 25.2 Å². The van der Waals surface area contributed by atoms with Crippen molar-refractivity contribution in [1.82, 2.24) is 5.16 Å². The van der Waals surface area contributed by atoms with Crippen LogP contribution in [0.2, 0.25) is 0 Å². The lowest BCUT2D eigenvalue weighted by Gasteiger charge is -2.14. The highest BCUT2D eigenvalue weighted by Gasteiger charge is 2.22. The van der Waals surface area contributed by atoms with E-state index < -0.39 is 10.0 Å². The van der Waals surface area contributed by atoms with Gasteiger partial charge in [0.2, 0.25) is 0 Å². The molecular formula is C19H20N2O4S. The second kappa shape index (κ2) is 7.21. The van der Waals surface area contributed by atoms with Crippen molar-refractivity contribution in [2.75, 3.05) is 11.8 Å². The molecule has 2 aromatic carbocycles. The van der Waals surface area contributed by atoms with Gasteiger partial charge in [0.25, 0.3) is 10.0 Å². The maximum Gasteiger partial charge on any atom is 0.265 e. The molecule has 0 saturated carbocycles. The number of aryl methyl sites for hydroxylation is 2. The third kappa shape index (κ3) is 3.57. The van der Waals surface area contributed by atoms with E-state index in [4.69, 9.17) is 9.26 Å². The fourth-order valence-corrected chi connectivity index (χ4v) is 3.96. The third-order valence-corrected chi connectivity index (χ3v) is 5.39. The van der Waals surface area contributed by atoms with Crippen molar-refractivity contribution in [3.8, 4) is 17.1 Å². The Balaban J connectivity index is 2.05. The fraction of sp³-hybridized carbons (Fsp3) is 0.211. The molecule has 6 nitrogen and oxygen atoms in total. The van der Waals surface area contributed by atoms with E-state index >= 15 is 0 Å². The molecule has 0 atom stereocenters. The normalized spacial score (nSPS) is 11.3. The molecule has 0 spiro atoms. The van der Waals surface area contributed by atoms with Gasteiger partial charge in [0, 0.05) is 11.6 Å². The maximum atomic E-state index is 13.0. The Morgan fingerprint density at radius 1 is 1.15 bits per heavy atom. The number of rotatable bonds is 6. The molecule has 0 unspecified atom stereocenters. The summed E-state index contributed by atoms with van der Waals surface area (Å²) >= 11 is 0. The minimum atomic E-state index is -3.85. The van der Waals surface area contributed by atoms with Crippen LogP contribution in [-0.2, 0) is 16.4 Å². The lowest BCUT2D eigenvalue weighted by Crippen LogP contribution is -2.15. The zero-order valence-corrected chi connectivity index (χ0v) is 15.6. The number of hydrogen-bond acceptors (Lipinski definition) is 5. The van der Waals surface area contributed by atoms with Crippen LogP contribution in [0, 0.1) is 6.92 Å². The Labute approximate surface area is 152 Å². The second-order valence-corrected chi connectivity index (χ2v) is 7.47. The highest BCUT2D eigenvalue weighted by atomic mass is 32.2. The van der Waals surface area contributed by atoms with E-state index in [1.807, 2.05) is 19.1 Å². The monoisotopic (exact) mass is 372 g/mol. The summed E-state index contributed by atoms with van der Waals surface area (Å²) in [5.41, 5.74) is 2.79. The molecule has 136 valence electrons. The van der Waals surface area contributed by atoms with Crippen LogP contribution in [0.5, 0.6) is 5.75 Å². The first-order chi connectivity index (χ1) is 12.4. The molecule has 0 fully saturated rings. The van der Waals surface area contributed by atoms with E-state index in [-0.39, 0.29) is 10.6 Å². The zero-order chi connectivity index (χ0) is 18.7. The molecule has 0 aliphatic carbocycles. The quantitative estimate of drug-likeness (QED) is 0.707. The highest BCUT2D eigenvalue weighted by molar-refractivity contribution is 7.92. The average molecular weight is 372 g/mol. The van der Waals surface area contributed by atoms with Crippen LogP contribution >= 0.6 is 0 Å². The predicted molar refractivity (Wildman–Crippen MR) is 99.9 cm³/mol. The van der Waals surface area contributed by atoms with Crippen LogP contribution in [0.4, 0.5) is 5.69 Å². The molecule has 7 heteroatoms. The first-order valence-corrected chi connectivity index (χ1v) is 9.65. The van der Waals surface area contributed by atoms with Crippen LogP contribution in [0.25, 0.3) is 11.3 Å². The van der Waals surface area contributed by atoms with Crippen molar-refractivity contribution >= 4 is 15.7 Å². The van der Waals surface area contributed by atoms with Gasteiger partial charge < -0.3 is 9.26 Å². The highest BCUT2D eigenvalue weighted by Crippen LogP contribution is 2.32. The van der Waals surface area contributed by atoms with Gasteiger partial charge in [-0.1, -0.05) is 30.3 Å². The standard InChI is InChI=1S/C19H20N2O4S/c1-4-14-7-5-6-8-16(14)21-26(22,23)19-12-15(9-10-17(19)24-3)18-11-13(2)20-25-18/h5-12,21H,4H2,1-3H3. The van der Waals surface area contributed by atoms with E-state index in [1.54, 1.807) is 37.3 Å². The predicted octanol–water partition coefficient (Wildman–Crippen LogP) is 4.02. The summed E-state index contributed by atoms with van der Waals surface area (Å²) in [5, 5.41) is 3.85. The number of para-hydroxylation sites is 1. The first kappa shape index (κ1) is 18.0. The largest absolute Gasteiger partial charge is 0.495 e. The summed E-state index contributed by atoms with van der Waals surface area (Å²) in [6.45, 7) is 3.78. The average Bonchev–Trinajstić information content (AvgIpc) is 3.07. The summed E-state index contributed by atoms with van der Waals surface area (Å²) < 4.78 is 39.2. The number of hydrogen-bond donors (Lipinski definition) is 1. The van der Waals surface area contributed by atoms with Gasteiger partial charge in [0.15, 0.2) is 5.76 Å². The van der Waals surface area contributed by atoms with Crippen molar-refractivity contribution in [2.24, 2.45) is 0 Å². The Morgan fingerprint density at radius 3 is 2.58 bits per heavy atom. The number of aromatic nitrogens is 1. The summed E-state index contributed by atoms with van der Waals surface area (Å²) in [6.07, 6.45) is 0.715. The SMILES string of the molecule is CCc1ccccc1NS(=O)(=O)c1cc(-c2cc(C)no2)ccc1OC. The van der Waals surface area contributed by atoms with Gasteiger partial charge in [-0.25, -0.2) is 8.42 Å². The smallest absolute Gasteiger partial charge is 0.265 e. The second-order valence-electron chi connectivity index (χ2n) is 5.81. The van der Waals surface area contributed by atoms with Crippen LogP contribution in [-0.4, -0.2) is 20.7 Å². The molecule has 0 saturated heterocycles. The number of nitrogens with zero attached hydrogens (tertiary/aromatic N) is 1. The van der Waals surface area contributed by atoms with Crippen LogP contribution in [0.1, 0.15) is 18.2 Å². The van der Waals surface area contributed by atoms with Gasteiger partial charge in [0.05, 0.1) is 18.5 Å². The third-order valence-electron chi connectivity index (χ3n) is 4.01. The Hall–Kier alpha value is -2.80. The Bertz CT molecular complexity index is 1030. The number of sulfonamides is 1. The number of methoxy groups -OCH3 is 1. The Kier molecular flexibility index (Phi) is 4.99. The molecule has 26 heavy (non-hydrogen) atoms. The van der Waals surface area contributed by atoms with Gasteiger partial charge in [-0.15, -0.1) is 0 Å². The number of anilines is 1. The van der Waals surface area contributed by atoms with Gasteiger partial charge in [-0.2, -0.15) is 0 Å². The minimum absolute atomic E-state index is 0.0393. The summed E-state index contributed by atoms with van der Waals surface area (Å²) in [5.74, 6) is 0.752. The molecule has 0 aliphatic heterocycles. The summed E-state index contributed by atoms with van der Waals surface area (Å²) in [4.78, 5) is 0.0393. The molecule has 3 aromatic rings. The molecule has 0 radical (unpaired) electrons. The van der Waals surface area contributed by atoms with Gasteiger partial charge in [-0.3, -0.25) is 4.72 Å². The first-order valence-electron chi connectivity index (χ1n) is 8.17. The number of nitrogens with one attached hydrogen (secondary N) is 1. The minimum Gasteiger partial charge on any atom is -0.495 e. The fourth-order valence-electron chi connectivity index (χ4n) is 2.67. The van der Waals surface area contributed by atoms with Crippen LogP contribution in [0.3, 0.4) is 0 Å². The molecule has 0 amide bonds. The van der Waals surface area contributed by atoms with Gasteiger partial charge in [-0.05, 0) is 43.2 Å². The molecular weight excluding hydrogens is 352 g/mol. The molecule has 1 N–H and O–H groups in total. The van der Waals surface area contributed by atoms with Crippen molar-refractivity contribution in [3.05, 3.63) is 59.8 Å². The lowest BCUT2D eigenvalue weighted by atomic mass is 10.1.